The molecule has 0 radical (unpaired) electrons. The lowest BCUT2D eigenvalue weighted by Crippen LogP contribution is -2.39. The van der Waals surface area contributed by atoms with Gasteiger partial charge in [-0.1, -0.05) is 32.0 Å². The van der Waals surface area contributed by atoms with Crippen LogP contribution >= 0.6 is 0 Å². The first kappa shape index (κ1) is 10.2. The summed E-state index contributed by atoms with van der Waals surface area (Å²) in [6.45, 7) is 4.74. The van der Waals surface area contributed by atoms with E-state index in [9.17, 15) is 4.79 Å². The van der Waals surface area contributed by atoms with Crippen molar-refractivity contribution in [2.75, 3.05) is 11.4 Å². The van der Waals surface area contributed by atoms with E-state index in [-0.39, 0.29) is 11.3 Å². The Kier molecular flexibility index (Phi) is 2.27. The summed E-state index contributed by atoms with van der Waals surface area (Å²) >= 11 is 0. The lowest BCUT2D eigenvalue weighted by Gasteiger charge is -2.20. The second kappa shape index (κ2) is 3.35. The van der Waals surface area contributed by atoms with Crippen LogP contribution in [0.15, 0.2) is 30.3 Å². The van der Waals surface area contributed by atoms with Crippen LogP contribution in [0.25, 0.3) is 0 Å². The number of rotatable bonds is 1. The Hall–Kier alpha value is -1.35. The molecule has 1 aromatic carbocycles. The van der Waals surface area contributed by atoms with E-state index >= 15 is 0 Å². The molecule has 1 atom stereocenters. The Bertz CT molecular complexity index is 372. The van der Waals surface area contributed by atoms with E-state index in [1.165, 1.54) is 0 Å². The maximum Gasteiger partial charge on any atom is 0.244 e. The normalized spacial score (nSPS) is 24.6. The topological polar surface area (TPSA) is 46.3 Å². The fourth-order valence-corrected chi connectivity index (χ4v) is 1.91. The van der Waals surface area contributed by atoms with Gasteiger partial charge in [-0.2, -0.15) is 0 Å². The van der Waals surface area contributed by atoms with E-state index in [2.05, 4.69) is 0 Å². The summed E-state index contributed by atoms with van der Waals surface area (Å²) in [5.41, 5.74) is 6.68. The number of anilines is 1. The first-order chi connectivity index (χ1) is 7.02. The van der Waals surface area contributed by atoms with Gasteiger partial charge in [0, 0.05) is 17.6 Å². The predicted molar refractivity (Wildman–Crippen MR) is 60.6 cm³/mol. The molecule has 0 aromatic heterocycles. The molecule has 1 aliphatic rings. The number of para-hydroxylation sites is 1. The lowest BCUT2D eigenvalue weighted by molar-refractivity contribution is -0.118. The van der Waals surface area contributed by atoms with E-state index < -0.39 is 6.04 Å². The van der Waals surface area contributed by atoms with Crippen molar-refractivity contribution in [1.29, 1.82) is 0 Å². The minimum Gasteiger partial charge on any atom is -0.319 e. The molecule has 1 aromatic rings. The van der Waals surface area contributed by atoms with Crippen molar-refractivity contribution in [2.24, 2.45) is 11.1 Å². The quantitative estimate of drug-likeness (QED) is 0.751. The average Bonchev–Trinajstić information content (AvgIpc) is 2.44. The molecule has 0 spiro atoms. The second-order valence-corrected chi connectivity index (χ2v) is 4.73. The highest BCUT2D eigenvalue weighted by molar-refractivity contribution is 6.00. The molecule has 1 heterocycles. The SMILES string of the molecule is CC1(C)CN(c2ccccc2)C(=O)[C@H]1N. The number of hydrogen-bond donors (Lipinski definition) is 1. The Morgan fingerprint density at radius 1 is 1.33 bits per heavy atom. The molecule has 1 fully saturated rings. The average molecular weight is 204 g/mol. The summed E-state index contributed by atoms with van der Waals surface area (Å²) in [4.78, 5) is 13.7. The lowest BCUT2D eigenvalue weighted by atomic mass is 9.88. The molecular weight excluding hydrogens is 188 g/mol. The third-order valence-corrected chi connectivity index (χ3v) is 3.01. The van der Waals surface area contributed by atoms with E-state index in [0.29, 0.717) is 6.54 Å². The summed E-state index contributed by atoms with van der Waals surface area (Å²) in [6, 6.07) is 9.28. The van der Waals surface area contributed by atoms with E-state index in [1.54, 1.807) is 4.90 Å². The van der Waals surface area contributed by atoms with Gasteiger partial charge < -0.3 is 10.6 Å². The monoisotopic (exact) mass is 204 g/mol. The van der Waals surface area contributed by atoms with Crippen LogP contribution in [0.4, 0.5) is 5.69 Å². The molecule has 1 aliphatic heterocycles. The molecule has 0 bridgehead atoms. The number of hydrogen-bond acceptors (Lipinski definition) is 2. The third kappa shape index (κ3) is 1.63. The Balaban J connectivity index is 2.31. The molecule has 0 saturated carbocycles. The van der Waals surface area contributed by atoms with Crippen molar-refractivity contribution in [3.63, 3.8) is 0 Å². The highest BCUT2D eigenvalue weighted by Gasteiger charge is 2.44. The van der Waals surface area contributed by atoms with Crippen molar-refractivity contribution in [1.82, 2.24) is 0 Å². The Labute approximate surface area is 89.9 Å². The molecule has 1 amide bonds. The molecule has 3 nitrogen and oxygen atoms in total. The summed E-state index contributed by atoms with van der Waals surface area (Å²) in [6.07, 6.45) is 0. The minimum absolute atomic E-state index is 0.0196. The number of nitrogens with two attached hydrogens (primary N) is 1. The van der Waals surface area contributed by atoms with Gasteiger partial charge in [-0.15, -0.1) is 0 Å². The van der Waals surface area contributed by atoms with Crippen molar-refractivity contribution in [3.05, 3.63) is 30.3 Å². The van der Waals surface area contributed by atoms with Gasteiger partial charge >= 0.3 is 0 Å². The van der Waals surface area contributed by atoms with Crippen LogP contribution in [-0.2, 0) is 4.79 Å². The summed E-state index contributed by atoms with van der Waals surface area (Å²) in [5.74, 6) is 0.0196. The molecule has 1 saturated heterocycles. The first-order valence-corrected chi connectivity index (χ1v) is 5.14. The summed E-state index contributed by atoms with van der Waals surface area (Å²) in [5, 5.41) is 0. The molecule has 2 N–H and O–H groups in total. The van der Waals surface area contributed by atoms with Crippen LogP contribution in [-0.4, -0.2) is 18.5 Å². The fraction of sp³-hybridized carbons (Fsp3) is 0.417. The van der Waals surface area contributed by atoms with E-state index in [1.807, 2.05) is 44.2 Å². The zero-order chi connectivity index (χ0) is 11.1. The number of benzene rings is 1. The van der Waals surface area contributed by atoms with Crippen molar-refractivity contribution < 1.29 is 4.79 Å². The Morgan fingerprint density at radius 2 is 1.93 bits per heavy atom. The zero-order valence-electron chi connectivity index (χ0n) is 9.10. The standard InChI is InChI=1S/C12H16N2O/c1-12(2)8-14(11(15)10(12)13)9-6-4-3-5-7-9/h3-7,10H,8,13H2,1-2H3/t10-/m1/s1. The number of amides is 1. The summed E-state index contributed by atoms with van der Waals surface area (Å²) in [7, 11) is 0. The largest absolute Gasteiger partial charge is 0.319 e. The van der Waals surface area contributed by atoms with Crippen LogP contribution in [0.5, 0.6) is 0 Å². The van der Waals surface area contributed by atoms with Gasteiger partial charge in [-0.05, 0) is 12.1 Å². The van der Waals surface area contributed by atoms with Crippen LogP contribution in [0.3, 0.4) is 0 Å². The van der Waals surface area contributed by atoms with Gasteiger partial charge in [-0.3, -0.25) is 4.79 Å². The fourth-order valence-electron chi connectivity index (χ4n) is 1.91. The summed E-state index contributed by atoms with van der Waals surface area (Å²) < 4.78 is 0. The minimum atomic E-state index is -0.391. The van der Waals surface area contributed by atoms with E-state index in [4.69, 9.17) is 5.73 Å². The molecule has 80 valence electrons. The van der Waals surface area contributed by atoms with Gasteiger partial charge in [0.1, 0.15) is 0 Å². The Morgan fingerprint density at radius 3 is 2.40 bits per heavy atom. The van der Waals surface area contributed by atoms with Crippen LogP contribution in [0, 0.1) is 5.41 Å². The smallest absolute Gasteiger partial charge is 0.244 e. The molecule has 2 rings (SSSR count). The molecule has 15 heavy (non-hydrogen) atoms. The third-order valence-electron chi connectivity index (χ3n) is 3.01. The van der Waals surface area contributed by atoms with Crippen LogP contribution < -0.4 is 10.6 Å². The zero-order valence-corrected chi connectivity index (χ0v) is 9.10. The predicted octanol–water partition coefficient (Wildman–Crippen LogP) is 1.39. The first-order valence-electron chi connectivity index (χ1n) is 5.14. The van der Waals surface area contributed by atoms with Gasteiger partial charge in [0.15, 0.2) is 0 Å². The van der Waals surface area contributed by atoms with Crippen molar-refractivity contribution >= 4 is 11.6 Å². The molecule has 0 unspecified atom stereocenters. The van der Waals surface area contributed by atoms with Gasteiger partial charge in [0.2, 0.25) is 5.91 Å². The number of carbonyl (C=O) groups excluding carboxylic acids is 1. The highest BCUT2D eigenvalue weighted by atomic mass is 16.2. The highest BCUT2D eigenvalue weighted by Crippen LogP contribution is 2.32. The van der Waals surface area contributed by atoms with E-state index in [0.717, 1.165) is 5.69 Å². The molecule has 3 heteroatoms. The van der Waals surface area contributed by atoms with Gasteiger partial charge in [0.05, 0.1) is 6.04 Å². The molecule has 0 aliphatic carbocycles. The second-order valence-electron chi connectivity index (χ2n) is 4.73. The molecular formula is C12H16N2O. The van der Waals surface area contributed by atoms with Crippen molar-refractivity contribution in [2.45, 2.75) is 19.9 Å². The van der Waals surface area contributed by atoms with Crippen molar-refractivity contribution in [3.8, 4) is 0 Å². The maximum absolute atomic E-state index is 11.9. The van der Waals surface area contributed by atoms with Gasteiger partial charge in [-0.25, -0.2) is 0 Å². The maximum atomic E-state index is 11.9. The van der Waals surface area contributed by atoms with Crippen LogP contribution in [0.2, 0.25) is 0 Å². The number of nitrogens with zero attached hydrogens (tertiary/aromatic N) is 1. The van der Waals surface area contributed by atoms with Gasteiger partial charge in [0.25, 0.3) is 0 Å². The van der Waals surface area contributed by atoms with Crippen LogP contribution in [0.1, 0.15) is 13.8 Å². The number of carbonyl (C=O) groups is 1.